The largest absolute Gasteiger partial charge is 0.490 e. The predicted octanol–water partition coefficient (Wildman–Crippen LogP) is 6.54. The molecule has 0 spiro atoms. The lowest BCUT2D eigenvalue weighted by Crippen LogP contribution is -2.36. The number of carbonyl (C=O) groups is 4. The minimum Gasteiger partial charge on any atom is -0.490 e. The van der Waals surface area contributed by atoms with E-state index in [2.05, 4.69) is 26.0 Å². The highest BCUT2D eigenvalue weighted by Crippen LogP contribution is 2.39. The minimum atomic E-state index is -0.669. The van der Waals surface area contributed by atoms with Crippen LogP contribution in [0.2, 0.25) is 5.02 Å². The number of carbonyl (C=O) groups excluding carboxylic acids is 4. The van der Waals surface area contributed by atoms with Gasteiger partial charge < -0.3 is 19.5 Å². The summed E-state index contributed by atoms with van der Waals surface area (Å²) in [6, 6.07) is 17.4. The number of nitrogens with zero attached hydrogens (tertiary/aromatic N) is 1. The number of hydrogen-bond donors (Lipinski definition) is 1. The van der Waals surface area contributed by atoms with Crippen LogP contribution in [0.3, 0.4) is 0 Å². The fourth-order valence-electron chi connectivity index (χ4n) is 3.81. The van der Waals surface area contributed by atoms with Crippen LogP contribution in [-0.2, 0) is 20.9 Å². The van der Waals surface area contributed by atoms with E-state index < -0.39 is 29.6 Å². The molecule has 1 heterocycles. The average molecular weight is 660 g/mol. The highest BCUT2D eigenvalue weighted by atomic mass is 79.9. The van der Waals surface area contributed by atoms with Gasteiger partial charge in [0.25, 0.3) is 11.1 Å². The van der Waals surface area contributed by atoms with Gasteiger partial charge in [-0.2, -0.15) is 0 Å². The Morgan fingerprint density at radius 1 is 1.07 bits per heavy atom. The first-order chi connectivity index (χ1) is 19.7. The van der Waals surface area contributed by atoms with E-state index in [9.17, 15) is 19.2 Å². The van der Waals surface area contributed by atoms with Gasteiger partial charge in [-0.05, 0) is 82.2 Å². The van der Waals surface area contributed by atoms with Gasteiger partial charge in [0.05, 0.1) is 33.7 Å². The standard InChI is InChI=1S/C29H24BrClN2O7S/c1-3-39-23-12-18(11-21(30)26(23)40-16-17-7-5-4-6-8-17)13-24-27(35)33(29(37)41-24)15-25(34)32-19-9-10-22(31)20(14-19)28(36)38-2/h4-14H,3,15-16H2,1-2H3,(H,32,34)/b24-13+. The first kappa shape index (κ1) is 30.2. The molecule has 1 N–H and O–H groups in total. The maximum Gasteiger partial charge on any atom is 0.339 e. The summed E-state index contributed by atoms with van der Waals surface area (Å²) in [5.74, 6) is -0.933. The Morgan fingerprint density at radius 2 is 1.83 bits per heavy atom. The van der Waals surface area contributed by atoms with E-state index in [0.717, 1.165) is 22.2 Å². The van der Waals surface area contributed by atoms with Crippen molar-refractivity contribution in [3.63, 3.8) is 0 Å². The SMILES string of the molecule is CCOc1cc(/C=C2/SC(=O)N(CC(=O)Nc3ccc(Cl)c(C(=O)OC)c3)C2=O)cc(Br)c1OCc1ccccc1. The number of thioether (sulfide) groups is 1. The third kappa shape index (κ3) is 7.49. The van der Waals surface area contributed by atoms with Crippen LogP contribution in [0, 0.1) is 0 Å². The van der Waals surface area contributed by atoms with Crippen molar-refractivity contribution in [3.8, 4) is 11.5 Å². The molecule has 12 heteroatoms. The van der Waals surface area contributed by atoms with Crippen LogP contribution >= 0.6 is 39.3 Å². The molecule has 0 radical (unpaired) electrons. The summed E-state index contributed by atoms with van der Waals surface area (Å²) < 4.78 is 17.1. The number of ether oxygens (including phenoxy) is 3. The zero-order valence-electron chi connectivity index (χ0n) is 21.9. The molecule has 0 bridgehead atoms. The van der Waals surface area contributed by atoms with Gasteiger partial charge in [-0.15, -0.1) is 0 Å². The Labute approximate surface area is 253 Å². The van der Waals surface area contributed by atoms with E-state index in [-0.39, 0.29) is 21.2 Å². The van der Waals surface area contributed by atoms with Crippen LogP contribution in [0.1, 0.15) is 28.4 Å². The molecule has 3 aromatic carbocycles. The molecule has 4 rings (SSSR count). The Morgan fingerprint density at radius 3 is 2.54 bits per heavy atom. The molecule has 3 amide bonds. The van der Waals surface area contributed by atoms with E-state index in [0.29, 0.717) is 34.7 Å². The average Bonchev–Trinajstić information content (AvgIpc) is 3.21. The molecule has 212 valence electrons. The third-order valence-electron chi connectivity index (χ3n) is 5.69. The molecule has 0 unspecified atom stereocenters. The summed E-state index contributed by atoms with van der Waals surface area (Å²) in [5.41, 5.74) is 1.91. The predicted molar refractivity (Wildman–Crippen MR) is 160 cm³/mol. The van der Waals surface area contributed by atoms with Crippen LogP contribution in [0.5, 0.6) is 11.5 Å². The third-order valence-corrected chi connectivity index (χ3v) is 7.51. The molecular weight excluding hydrogens is 636 g/mol. The number of methoxy groups -OCH3 is 1. The van der Waals surface area contributed by atoms with Gasteiger partial charge in [0, 0.05) is 5.69 Å². The van der Waals surface area contributed by atoms with Gasteiger partial charge in [-0.1, -0.05) is 41.9 Å². The summed E-state index contributed by atoms with van der Waals surface area (Å²) in [6.07, 6.45) is 1.55. The lowest BCUT2D eigenvalue weighted by Gasteiger charge is -2.15. The highest BCUT2D eigenvalue weighted by molar-refractivity contribution is 9.10. The zero-order valence-corrected chi connectivity index (χ0v) is 25.1. The first-order valence-corrected chi connectivity index (χ1v) is 14.2. The van der Waals surface area contributed by atoms with Crippen molar-refractivity contribution in [1.82, 2.24) is 4.90 Å². The van der Waals surface area contributed by atoms with Crippen molar-refractivity contribution >= 4 is 74.1 Å². The highest BCUT2D eigenvalue weighted by Gasteiger charge is 2.36. The number of benzene rings is 3. The van der Waals surface area contributed by atoms with E-state index in [1.54, 1.807) is 18.2 Å². The molecule has 41 heavy (non-hydrogen) atoms. The monoisotopic (exact) mass is 658 g/mol. The van der Waals surface area contributed by atoms with Gasteiger partial charge in [-0.25, -0.2) is 4.79 Å². The topological polar surface area (TPSA) is 111 Å². The molecule has 0 aromatic heterocycles. The summed E-state index contributed by atoms with van der Waals surface area (Å²) in [6.45, 7) is 2.05. The van der Waals surface area contributed by atoms with Crippen molar-refractivity contribution in [2.45, 2.75) is 13.5 Å². The second kappa shape index (κ2) is 13.7. The number of rotatable bonds is 10. The molecule has 9 nitrogen and oxygen atoms in total. The molecular formula is C29H24BrClN2O7S. The molecule has 1 saturated heterocycles. The molecule has 0 atom stereocenters. The van der Waals surface area contributed by atoms with Gasteiger partial charge in [0.15, 0.2) is 11.5 Å². The van der Waals surface area contributed by atoms with Crippen LogP contribution in [0.4, 0.5) is 10.5 Å². The van der Waals surface area contributed by atoms with Gasteiger partial charge in [0.2, 0.25) is 5.91 Å². The van der Waals surface area contributed by atoms with E-state index in [1.165, 1.54) is 25.3 Å². The molecule has 1 fully saturated rings. The smallest absolute Gasteiger partial charge is 0.339 e. The first-order valence-electron chi connectivity index (χ1n) is 12.3. The molecule has 1 aliphatic heterocycles. The number of anilines is 1. The van der Waals surface area contributed by atoms with Crippen molar-refractivity contribution in [2.24, 2.45) is 0 Å². The fourth-order valence-corrected chi connectivity index (χ4v) is 5.41. The Hall–Kier alpha value is -3.80. The second-order valence-corrected chi connectivity index (χ2v) is 10.8. The molecule has 0 saturated carbocycles. The second-order valence-electron chi connectivity index (χ2n) is 8.54. The normalized spacial score (nSPS) is 13.9. The van der Waals surface area contributed by atoms with Crippen molar-refractivity contribution in [1.29, 1.82) is 0 Å². The summed E-state index contributed by atoms with van der Waals surface area (Å²) >= 11 is 10.3. The lowest BCUT2D eigenvalue weighted by atomic mass is 10.1. The summed E-state index contributed by atoms with van der Waals surface area (Å²) in [4.78, 5) is 51.2. The fraction of sp³-hybridized carbons (Fsp3) is 0.172. The number of amides is 3. The summed E-state index contributed by atoms with van der Waals surface area (Å²) in [5, 5.41) is 2.13. The van der Waals surface area contributed by atoms with Crippen molar-refractivity contribution in [3.05, 3.63) is 91.8 Å². The quantitative estimate of drug-likeness (QED) is 0.193. The number of hydrogen-bond acceptors (Lipinski definition) is 8. The molecule has 1 aliphatic rings. The Balaban J connectivity index is 1.47. The van der Waals surface area contributed by atoms with E-state index >= 15 is 0 Å². The molecule has 0 aliphatic carbocycles. The van der Waals surface area contributed by atoms with Crippen LogP contribution in [-0.4, -0.2) is 48.2 Å². The van der Waals surface area contributed by atoms with Crippen LogP contribution in [0.15, 0.2) is 70.0 Å². The maximum absolute atomic E-state index is 13.0. The van der Waals surface area contributed by atoms with Gasteiger partial charge in [0.1, 0.15) is 13.2 Å². The van der Waals surface area contributed by atoms with Crippen LogP contribution < -0.4 is 14.8 Å². The van der Waals surface area contributed by atoms with Crippen molar-refractivity contribution in [2.75, 3.05) is 25.6 Å². The minimum absolute atomic E-state index is 0.0649. The van der Waals surface area contributed by atoms with Crippen molar-refractivity contribution < 1.29 is 33.4 Å². The number of esters is 1. The van der Waals surface area contributed by atoms with Gasteiger partial charge >= 0.3 is 5.97 Å². The zero-order chi connectivity index (χ0) is 29.5. The van der Waals surface area contributed by atoms with E-state index in [1.807, 2.05) is 37.3 Å². The maximum atomic E-state index is 13.0. The summed E-state index contributed by atoms with van der Waals surface area (Å²) in [7, 11) is 1.21. The number of halogens is 2. The molecule has 3 aromatic rings. The van der Waals surface area contributed by atoms with Gasteiger partial charge in [-0.3, -0.25) is 19.3 Å². The Bertz CT molecular complexity index is 1530. The number of nitrogens with one attached hydrogen (secondary N) is 1. The Kier molecular flexibility index (Phi) is 10.1. The lowest BCUT2D eigenvalue weighted by molar-refractivity contribution is -0.127. The van der Waals surface area contributed by atoms with E-state index in [4.69, 9.17) is 21.1 Å². The van der Waals surface area contributed by atoms with Crippen LogP contribution in [0.25, 0.3) is 6.08 Å². The number of imide groups is 1.